The van der Waals surface area contributed by atoms with Crippen LogP contribution in [0.4, 0.5) is 5.69 Å². The average molecular weight is 410 g/mol. The van der Waals surface area contributed by atoms with Crippen molar-refractivity contribution in [1.82, 2.24) is 9.78 Å². The summed E-state index contributed by atoms with van der Waals surface area (Å²) in [5, 5.41) is 4.66. The molecule has 0 atom stereocenters. The minimum Gasteiger partial charge on any atom is -0.295 e. The van der Waals surface area contributed by atoms with E-state index in [1.165, 1.54) is 6.92 Å². The fourth-order valence-electron chi connectivity index (χ4n) is 3.71. The Labute approximate surface area is 170 Å². The van der Waals surface area contributed by atoms with Crippen molar-refractivity contribution in [3.8, 4) is 11.3 Å². The van der Waals surface area contributed by atoms with E-state index in [2.05, 4.69) is 9.82 Å². The van der Waals surface area contributed by atoms with Crippen LogP contribution in [0.2, 0.25) is 0 Å². The van der Waals surface area contributed by atoms with Crippen molar-refractivity contribution in [2.45, 2.75) is 43.5 Å². The summed E-state index contributed by atoms with van der Waals surface area (Å²) >= 11 is 0. The van der Waals surface area contributed by atoms with Gasteiger partial charge in [-0.15, -0.1) is 0 Å². The predicted molar refractivity (Wildman–Crippen MR) is 112 cm³/mol. The molecule has 2 aromatic carbocycles. The largest absolute Gasteiger partial charge is 0.295 e. The molecule has 1 aromatic heterocycles. The first-order valence-corrected chi connectivity index (χ1v) is 11.2. The summed E-state index contributed by atoms with van der Waals surface area (Å²) in [5.74, 6) is -0.0661. The predicted octanol–water partition coefficient (Wildman–Crippen LogP) is 4.67. The van der Waals surface area contributed by atoms with Crippen LogP contribution in [0.15, 0.2) is 65.7 Å². The molecule has 1 aliphatic carbocycles. The molecule has 1 aliphatic rings. The molecule has 29 heavy (non-hydrogen) atoms. The second kappa shape index (κ2) is 7.83. The van der Waals surface area contributed by atoms with Crippen LogP contribution in [0.1, 0.15) is 49.0 Å². The number of ketones is 1. The van der Waals surface area contributed by atoms with Crippen LogP contribution in [-0.4, -0.2) is 24.0 Å². The molecule has 3 aromatic rings. The number of nitrogens with one attached hydrogen (secondary N) is 1. The van der Waals surface area contributed by atoms with Crippen molar-refractivity contribution >= 4 is 21.5 Å². The van der Waals surface area contributed by atoms with Crippen LogP contribution in [0, 0.1) is 0 Å². The van der Waals surface area contributed by atoms with Gasteiger partial charge in [-0.3, -0.25) is 14.2 Å². The van der Waals surface area contributed by atoms with E-state index in [4.69, 9.17) is 0 Å². The summed E-state index contributed by atoms with van der Waals surface area (Å²) in [6.45, 7) is 1.47. The van der Waals surface area contributed by atoms with Crippen LogP contribution < -0.4 is 4.72 Å². The maximum atomic E-state index is 13.2. The lowest BCUT2D eigenvalue weighted by Gasteiger charge is -2.09. The first-order chi connectivity index (χ1) is 13.9. The van der Waals surface area contributed by atoms with Crippen LogP contribution in [0.5, 0.6) is 0 Å². The molecule has 0 saturated heterocycles. The van der Waals surface area contributed by atoms with Crippen molar-refractivity contribution in [3.05, 3.63) is 66.4 Å². The van der Waals surface area contributed by atoms with E-state index in [1.807, 2.05) is 35.0 Å². The Balaban J connectivity index is 1.72. The summed E-state index contributed by atoms with van der Waals surface area (Å²) in [4.78, 5) is 11.6. The Morgan fingerprint density at radius 2 is 1.69 bits per heavy atom. The molecule has 0 amide bonds. The highest BCUT2D eigenvalue weighted by Crippen LogP contribution is 2.33. The fraction of sp³-hybridized carbons (Fsp3) is 0.273. The highest BCUT2D eigenvalue weighted by atomic mass is 32.2. The van der Waals surface area contributed by atoms with Gasteiger partial charge in [0.1, 0.15) is 10.6 Å². The van der Waals surface area contributed by atoms with Gasteiger partial charge in [-0.05, 0) is 44.0 Å². The van der Waals surface area contributed by atoms with E-state index < -0.39 is 10.0 Å². The van der Waals surface area contributed by atoms with Crippen LogP contribution in [-0.2, 0) is 10.0 Å². The average Bonchev–Trinajstić information content (AvgIpc) is 3.39. The Morgan fingerprint density at radius 1 is 1.03 bits per heavy atom. The number of benzene rings is 2. The van der Waals surface area contributed by atoms with E-state index in [0.29, 0.717) is 16.9 Å². The Kier molecular flexibility index (Phi) is 5.24. The van der Waals surface area contributed by atoms with Gasteiger partial charge in [0, 0.05) is 23.0 Å². The monoisotopic (exact) mass is 409 g/mol. The lowest BCUT2D eigenvalue weighted by atomic mass is 10.1. The SMILES string of the molecule is CC(=O)c1ccc(NS(=O)(=O)c2cn(C3CCCC3)nc2-c2ccccc2)cc1. The van der Waals surface area contributed by atoms with Crippen LogP contribution >= 0.6 is 0 Å². The lowest BCUT2D eigenvalue weighted by Crippen LogP contribution is -2.13. The van der Waals surface area contributed by atoms with Gasteiger partial charge in [0.25, 0.3) is 10.0 Å². The molecule has 1 N–H and O–H groups in total. The van der Waals surface area contributed by atoms with Crippen molar-refractivity contribution < 1.29 is 13.2 Å². The summed E-state index contributed by atoms with van der Waals surface area (Å²) < 4.78 is 30.9. The number of carbonyl (C=O) groups is 1. The van der Waals surface area contributed by atoms with Gasteiger partial charge in [0.2, 0.25) is 0 Å². The minimum absolute atomic E-state index is 0.0661. The zero-order valence-corrected chi connectivity index (χ0v) is 17.0. The van der Waals surface area contributed by atoms with Gasteiger partial charge >= 0.3 is 0 Å². The smallest absolute Gasteiger partial charge is 0.265 e. The summed E-state index contributed by atoms with van der Waals surface area (Å²) in [7, 11) is -3.85. The molecule has 1 heterocycles. The minimum atomic E-state index is -3.85. The molecular formula is C22H23N3O3S. The van der Waals surface area contributed by atoms with Gasteiger partial charge in [-0.25, -0.2) is 8.42 Å². The molecule has 4 rings (SSSR count). The molecule has 0 bridgehead atoms. The normalized spacial score (nSPS) is 14.8. The van der Waals surface area contributed by atoms with Gasteiger partial charge in [0.15, 0.2) is 5.78 Å². The number of nitrogens with zero attached hydrogens (tertiary/aromatic N) is 2. The van der Waals surface area contributed by atoms with Crippen LogP contribution in [0.25, 0.3) is 11.3 Å². The summed E-state index contributed by atoms with van der Waals surface area (Å²) in [5.41, 5.74) is 2.15. The number of sulfonamides is 1. The molecule has 0 spiro atoms. The second-order valence-electron chi connectivity index (χ2n) is 7.37. The zero-order valence-electron chi connectivity index (χ0n) is 16.2. The van der Waals surface area contributed by atoms with Gasteiger partial charge in [0.05, 0.1) is 6.04 Å². The van der Waals surface area contributed by atoms with E-state index in [0.717, 1.165) is 31.2 Å². The topological polar surface area (TPSA) is 81.1 Å². The van der Waals surface area contributed by atoms with Crippen molar-refractivity contribution in [3.63, 3.8) is 0 Å². The molecule has 0 radical (unpaired) electrons. The number of hydrogen-bond donors (Lipinski definition) is 1. The molecule has 1 fully saturated rings. The molecule has 6 nitrogen and oxygen atoms in total. The molecule has 0 unspecified atom stereocenters. The maximum Gasteiger partial charge on any atom is 0.265 e. The third-order valence-corrected chi connectivity index (χ3v) is 6.66. The third-order valence-electron chi connectivity index (χ3n) is 5.28. The molecular weight excluding hydrogens is 386 g/mol. The zero-order chi connectivity index (χ0) is 20.4. The standard InChI is InChI=1S/C22H23N3O3S/c1-16(26)17-11-13-19(14-12-17)24-29(27,28)21-15-25(20-9-5-6-10-20)23-22(21)18-7-3-2-4-8-18/h2-4,7-8,11-15,20,24H,5-6,9-10H2,1H3. The molecule has 150 valence electrons. The molecule has 1 saturated carbocycles. The number of carbonyl (C=O) groups excluding carboxylic acids is 1. The highest BCUT2D eigenvalue weighted by molar-refractivity contribution is 7.92. The number of Topliss-reactive ketones (excluding diaryl/α,β-unsaturated/α-hetero) is 1. The van der Waals surface area contributed by atoms with Gasteiger partial charge < -0.3 is 0 Å². The summed E-state index contributed by atoms with van der Waals surface area (Å²) in [6.07, 6.45) is 5.93. The molecule has 7 heteroatoms. The highest BCUT2D eigenvalue weighted by Gasteiger charge is 2.27. The van der Waals surface area contributed by atoms with E-state index in [-0.39, 0.29) is 16.7 Å². The first-order valence-electron chi connectivity index (χ1n) is 9.72. The number of hydrogen-bond acceptors (Lipinski definition) is 4. The summed E-state index contributed by atoms with van der Waals surface area (Å²) in [6, 6.07) is 16.0. The van der Waals surface area contributed by atoms with E-state index in [9.17, 15) is 13.2 Å². The molecule has 0 aliphatic heterocycles. The maximum absolute atomic E-state index is 13.2. The third kappa shape index (κ3) is 4.10. The quantitative estimate of drug-likeness (QED) is 0.600. The Hall–Kier alpha value is -2.93. The van der Waals surface area contributed by atoms with E-state index >= 15 is 0 Å². The van der Waals surface area contributed by atoms with Crippen LogP contribution in [0.3, 0.4) is 0 Å². The Morgan fingerprint density at radius 3 is 2.31 bits per heavy atom. The number of anilines is 1. The van der Waals surface area contributed by atoms with E-state index in [1.54, 1.807) is 30.5 Å². The van der Waals surface area contributed by atoms with Gasteiger partial charge in [-0.2, -0.15) is 5.10 Å². The number of rotatable bonds is 6. The Bertz CT molecular complexity index is 1110. The first kappa shape index (κ1) is 19.4. The van der Waals surface area contributed by atoms with Crippen molar-refractivity contribution in [2.75, 3.05) is 4.72 Å². The lowest BCUT2D eigenvalue weighted by molar-refractivity contribution is 0.101. The second-order valence-corrected chi connectivity index (χ2v) is 9.02. The number of aromatic nitrogens is 2. The fourth-order valence-corrected chi connectivity index (χ4v) is 4.92. The van der Waals surface area contributed by atoms with Gasteiger partial charge in [-0.1, -0.05) is 43.2 Å². The van der Waals surface area contributed by atoms with Crippen molar-refractivity contribution in [2.24, 2.45) is 0 Å². The van der Waals surface area contributed by atoms with Crippen molar-refractivity contribution in [1.29, 1.82) is 0 Å².